The molecule has 136 valence electrons. The molecule has 0 amide bonds. The van der Waals surface area contributed by atoms with Gasteiger partial charge in [-0.05, 0) is 24.3 Å². The fraction of sp³-hybridized carbons (Fsp3) is 0. The van der Waals surface area contributed by atoms with Gasteiger partial charge in [0.05, 0.1) is 33.6 Å². The third-order valence-corrected chi connectivity index (χ3v) is 5.29. The summed E-state index contributed by atoms with van der Waals surface area (Å²) in [6, 6.07) is 14.5. The number of aromatic nitrogens is 4. The number of nitrogens with zero attached hydrogens (tertiary/aromatic N) is 4. The van der Waals surface area contributed by atoms with Crippen molar-refractivity contribution >= 4 is 38.8 Å². The van der Waals surface area contributed by atoms with Gasteiger partial charge in [-0.25, -0.2) is 14.8 Å². The Balaban J connectivity index is 1.65. The van der Waals surface area contributed by atoms with E-state index in [2.05, 4.69) is 15.0 Å². The van der Waals surface area contributed by atoms with E-state index in [4.69, 9.17) is 4.74 Å². The molecule has 28 heavy (non-hydrogen) atoms. The first-order valence-corrected chi connectivity index (χ1v) is 9.20. The van der Waals surface area contributed by atoms with Gasteiger partial charge in [-0.3, -0.25) is 4.57 Å². The third-order valence-electron chi connectivity index (χ3n) is 4.27. The molecule has 0 atom stereocenters. The Morgan fingerprint density at radius 2 is 1.93 bits per heavy atom. The Bertz CT molecular complexity index is 1410. The van der Waals surface area contributed by atoms with Gasteiger partial charge in [0.1, 0.15) is 16.1 Å². The van der Waals surface area contributed by atoms with Crippen LogP contribution in [-0.2, 0) is 0 Å². The largest absolute Gasteiger partial charge is 0.514 e. The number of benzene rings is 1. The molecular formula is C20H12N4O3S. The average molecular weight is 388 g/mol. The van der Waals surface area contributed by atoms with Gasteiger partial charge >= 0.3 is 5.69 Å². The number of ether oxygens (including phenoxy) is 1. The van der Waals surface area contributed by atoms with Crippen LogP contribution in [0.1, 0.15) is 0 Å². The summed E-state index contributed by atoms with van der Waals surface area (Å²) in [5, 5.41) is 10.2. The molecule has 0 fully saturated rings. The lowest BCUT2D eigenvalue weighted by atomic mass is 10.2. The highest BCUT2D eigenvalue weighted by Crippen LogP contribution is 2.26. The number of hydrogen-bond donors (Lipinski definition) is 1. The third kappa shape index (κ3) is 2.58. The Morgan fingerprint density at radius 1 is 1.07 bits per heavy atom. The number of pyridine rings is 2. The van der Waals surface area contributed by atoms with Gasteiger partial charge in [0, 0.05) is 12.3 Å². The fourth-order valence-corrected chi connectivity index (χ4v) is 3.99. The highest BCUT2D eigenvalue weighted by Gasteiger charge is 2.16. The SMILES string of the molecule is O=c1nc2c(=CO)sc3nccc(c32)n1-c1ccc(Oc2ccccc2)nc1. The van der Waals surface area contributed by atoms with Crippen LogP contribution in [0.25, 0.3) is 33.2 Å². The van der Waals surface area contributed by atoms with Crippen LogP contribution in [0.15, 0.2) is 65.7 Å². The summed E-state index contributed by atoms with van der Waals surface area (Å²) in [5.41, 5.74) is 1.21. The standard InChI is InChI=1S/C20H12N4O3S/c25-11-15-18-17-14(8-9-21-19(17)28-15)24(20(26)23-18)12-6-7-16(22-10-12)27-13-4-2-1-3-5-13/h1-11,25H. The summed E-state index contributed by atoms with van der Waals surface area (Å²) >= 11 is 1.28. The molecule has 5 aromatic rings. The maximum atomic E-state index is 12.7. The molecule has 0 saturated heterocycles. The first-order chi connectivity index (χ1) is 13.7. The minimum Gasteiger partial charge on any atom is -0.514 e. The van der Waals surface area contributed by atoms with Crippen LogP contribution in [0.5, 0.6) is 11.6 Å². The van der Waals surface area contributed by atoms with E-state index in [1.54, 1.807) is 30.6 Å². The maximum absolute atomic E-state index is 12.7. The fourth-order valence-electron chi connectivity index (χ4n) is 3.07. The minimum absolute atomic E-state index is 0.421. The maximum Gasteiger partial charge on any atom is 0.353 e. The molecule has 7 nitrogen and oxygen atoms in total. The molecular weight excluding hydrogens is 376 g/mol. The topological polar surface area (TPSA) is 90.1 Å². The van der Waals surface area contributed by atoms with E-state index < -0.39 is 5.69 Å². The molecule has 0 aliphatic heterocycles. The summed E-state index contributed by atoms with van der Waals surface area (Å²) in [5.74, 6) is 1.10. The van der Waals surface area contributed by atoms with Gasteiger partial charge in [-0.15, -0.1) is 11.3 Å². The van der Waals surface area contributed by atoms with Gasteiger partial charge < -0.3 is 9.84 Å². The minimum atomic E-state index is -0.458. The van der Waals surface area contributed by atoms with Gasteiger partial charge in [0.25, 0.3) is 0 Å². The lowest BCUT2D eigenvalue weighted by molar-refractivity contribution is 0.463. The highest BCUT2D eigenvalue weighted by molar-refractivity contribution is 7.17. The van der Waals surface area contributed by atoms with E-state index in [9.17, 15) is 9.90 Å². The number of hydrogen-bond acceptors (Lipinski definition) is 7. The molecule has 1 N–H and O–H groups in total. The van der Waals surface area contributed by atoms with Crippen molar-refractivity contribution in [2.45, 2.75) is 0 Å². The number of aliphatic hydroxyl groups is 1. The van der Waals surface area contributed by atoms with Gasteiger partial charge in [0.15, 0.2) is 0 Å². The molecule has 8 heteroatoms. The first-order valence-electron chi connectivity index (χ1n) is 8.38. The molecule has 0 aliphatic carbocycles. The lowest BCUT2D eigenvalue weighted by Gasteiger charge is -2.10. The Labute approximate surface area is 161 Å². The Hall–Kier alpha value is -3.78. The molecule has 0 aliphatic rings. The van der Waals surface area contributed by atoms with Crippen molar-refractivity contribution in [2.24, 2.45) is 0 Å². The van der Waals surface area contributed by atoms with Gasteiger partial charge in [-0.2, -0.15) is 4.98 Å². The Kier molecular flexibility index (Phi) is 3.77. The second-order valence-corrected chi connectivity index (χ2v) is 6.98. The average Bonchev–Trinajstić information content (AvgIpc) is 3.09. The molecule has 0 bridgehead atoms. The summed E-state index contributed by atoms with van der Waals surface area (Å²) in [6.07, 6.45) is 4.15. The lowest BCUT2D eigenvalue weighted by Crippen LogP contribution is -2.23. The van der Waals surface area contributed by atoms with E-state index in [1.807, 2.05) is 30.3 Å². The van der Waals surface area contributed by atoms with Crippen LogP contribution in [0, 0.1) is 0 Å². The van der Waals surface area contributed by atoms with Crippen molar-refractivity contribution in [3.8, 4) is 17.3 Å². The number of para-hydroxylation sites is 1. The molecule has 0 radical (unpaired) electrons. The van der Waals surface area contributed by atoms with Crippen molar-refractivity contribution in [3.63, 3.8) is 0 Å². The zero-order valence-electron chi connectivity index (χ0n) is 14.3. The second-order valence-electron chi connectivity index (χ2n) is 5.95. The predicted octanol–water partition coefficient (Wildman–Crippen LogP) is 3.20. The van der Waals surface area contributed by atoms with Crippen LogP contribution >= 0.6 is 11.3 Å². The van der Waals surface area contributed by atoms with E-state index in [1.165, 1.54) is 15.9 Å². The molecule has 4 heterocycles. The normalized spacial score (nSPS) is 12.1. The van der Waals surface area contributed by atoms with Crippen LogP contribution in [-0.4, -0.2) is 24.6 Å². The van der Waals surface area contributed by atoms with Crippen molar-refractivity contribution in [1.29, 1.82) is 0 Å². The van der Waals surface area contributed by atoms with E-state index >= 15 is 0 Å². The number of rotatable bonds is 3. The van der Waals surface area contributed by atoms with E-state index in [-0.39, 0.29) is 0 Å². The Morgan fingerprint density at radius 3 is 2.68 bits per heavy atom. The second kappa shape index (κ2) is 6.43. The first kappa shape index (κ1) is 16.4. The smallest absolute Gasteiger partial charge is 0.353 e. The van der Waals surface area contributed by atoms with Crippen LogP contribution in [0.3, 0.4) is 0 Å². The highest BCUT2D eigenvalue weighted by atomic mass is 32.1. The summed E-state index contributed by atoms with van der Waals surface area (Å²) in [6.45, 7) is 0. The van der Waals surface area contributed by atoms with Crippen LogP contribution in [0.4, 0.5) is 0 Å². The molecule has 0 spiro atoms. The summed E-state index contributed by atoms with van der Waals surface area (Å²) in [7, 11) is 0. The zero-order chi connectivity index (χ0) is 19.1. The van der Waals surface area contributed by atoms with E-state index in [0.29, 0.717) is 37.7 Å². The summed E-state index contributed by atoms with van der Waals surface area (Å²) in [4.78, 5) is 26.2. The van der Waals surface area contributed by atoms with E-state index in [0.717, 1.165) is 11.6 Å². The zero-order valence-corrected chi connectivity index (χ0v) is 15.1. The summed E-state index contributed by atoms with van der Waals surface area (Å²) < 4.78 is 7.68. The molecule has 0 saturated carbocycles. The van der Waals surface area contributed by atoms with Crippen LogP contribution < -0.4 is 15.0 Å². The number of aliphatic hydroxyl groups excluding tert-OH is 1. The predicted molar refractivity (Wildman–Crippen MR) is 107 cm³/mol. The quantitative estimate of drug-likeness (QED) is 0.510. The molecule has 1 aromatic carbocycles. The van der Waals surface area contributed by atoms with Gasteiger partial charge in [-0.1, -0.05) is 18.2 Å². The molecule has 4 aromatic heterocycles. The van der Waals surface area contributed by atoms with Crippen molar-refractivity contribution in [3.05, 3.63) is 75.9 Å². The molecule has 5 rings (SSSR count). The van der Waals surface area contributed by atoms with Crippen molar-refractivity contribution in [1.82, 2.24) is 19.5 Å². The van der Waals surface area contributed by atoms with Gasteiger partial charge in [0.2, 0.25) is 5.88 Å². The molecule has 0 unspecified atom stereocenters. The monoisotopic (exact) mass is 388 g/mol. The van der Waals surface area contributed by atoms with Crippen molar-refractivity contribution < 1.29 is 9.84 Å². The van der Waals surface area contributed by atoms with Crippen LogP contribution in [0.2, 0.25) is 0 Å². The number of thiophene rings is 1. The van der Waals surface area contributed by atoms with Crippen molar-refractivity contribution in [2.75, 3.05) is 0 Å².